The molecule has 3 rings (SSSR count). The molecule has 1 N–H and O–H groups in total. The number of hydrogen-bond acceptors (Lipinski definition) is 7. The lowest BCUT2D eigenvalue weighted by Crippen LogP contribution is -2.56. The number of amides is 1. The summed E-state index contributed by atoms with van der Waals surface area (Å²) < 4.78 is 5.31. The van der Waals surface area contributed by atoms with Crippen LogP contribution >= 0.6 is 0 Å². The van der Waals surface area contributed by atoms with Crippen LogP contribution in [0.4, 0.5) is 5.82 Å². The van der Waals surface area contributed by atoms with Gasteiger partial charge in [-0.25, -0.2) is 4.98 Å². The molecule has 0 aromatic carbocycles. The van der Waals surface area contributed by atoms with Crippen LogP contribution in [0.5, 0.6) is 0 Å². The highest BCUT2D eigenvalue weighted by Crippen LogP contribution is 2.25. The van der Waals surface area contributed by atoms with Crippen LogP contribution in [0.25, 0.3) is 0 Å². The molecule has 2 aliphatic rings. The van der Waals surface area contributed by atoms with E-state index in [1.165, 1.54) is 0 Å². The molecule has 2 aliphatic heterocycles. The third-order valence-corrected chi connectivity index (χ3v) is 4.85. The molecule has 138 valence electrons. The van der Waals surface area contributed by atoms with Crippen molar-refractivity contribution in [3.8, 4) is 0 Å². The van der Waals surface area contributed by atoms with Crippen molar-refractivity contribution in [1.29, 1.82) is 0 Å². The molecular formula is C17H27N5O3. The Kier molecular flexibility index (Phi) is 5.82. The number of nitrogens with zero attached hydrogens (tertiary/aromatic N) is 5. The van der Waals surface area contributed by atoms with E-state index >= 15 is 0 Å². The van der Waals surface area contributed by atoms with E-state index in [1.54, 1.807) is 30.5 Å². The summed E-state index contributed by atoms with van der Waals surface area (Å²) >= 11 is 0. The van der Waals surface area contributed by atoms with Gasteiger partial charge in [-0.3, -0.25) is 14.7 Å². The van der Waals surface area contributed by atoms with Crippen LogP contribution in [-0.2, 0) is 9.53 Å². The van der Waals surface area contributed by atoms with E-state index in [2.05, 4.69) is 14.9 Å². The van der Waals surface area contributed by atoms with Crippen molar-refractivity contribution in [2.75, 3.05) is 64.4 Å². The van der Waals surface area contributed by atoms with Gasteiger partial charge in [-0.15, -0.1) is 0 Å². The van der Waals surface area contributed by atoms with Gasteiger partial charge < -0.3 is 19.6 Å². The van der Waals surface area contributed by atoms with Gasteiger partial charge in [0, 0.05) is 45.6 Å². The van der Waals surface area contributed by atoms with Crippen LogP contribution in [0.3, 0.4) is 0 Å². The van der Waals surface area contributed by atoms with Crippen LogP contribution in [0.2, 0.25) is 0 Å². The summed E-state index contributed by atoms with van der Waals surface area (Å²) in [6, 6.07) is 0. The second-order valence-electron chi connectivity index (χ2n) is 6.95. The molecule has 1 atom stereocenters. The first-order valence-corrected chi connectivity index (χ1v) is 8.83. The quantitative estimate of drug-likeness (QED) is 0.774. The van der Waals surface area contributed by atoms with Gasteiger partial charge in [-0.2, -0.15) is 0 Å². The molecule has 25 heavy (non-hydrogen) atoms. The van der Waals surface area contributed by atoms with E-state index in [4.69, 9.17) is 4.74 Å². The normalized spacial score (nSPS) is 25.0. The van der Waals surface area contributed by atoms with Gasteiger partial charge in [0.25, 0.3) is 0 Å². The van der Waals surface area contributed by atoms with Gasteiger partial charge in [0.1, 0.15) is 5.82 Å². The van der Waals surface area contributed by atoms with Crippen molar-refractivity contribution in [2.45, 2.75) is 18.4 Å². The second-order valence-corrected chi connectivity index (χ2v) is 6.95. The van der Waals surface area contributed by atoms with Crippen LogP contribution < -0.4 is 4.90 Å². The molecule has 0 aliphatic carbocycles. The highest BCUT2D eigenvalue weighted by atomic mass is 16.5. The number of likely N-dealkylation sites (N-methyl/N-ethyl adjacent to an activating group) is 1. The molecule has 3 heterocycles. The minimum Gasteiger partial charge on any atom is -0.386 e. The lowest BCUT2D eigenvalue weighted by Gasteiger charge is -2.41. The van der Waals surface area contributed by atoms with E-state index in [9.17, 15) is 9.90 Å². The minimum atomic E-state index is -0.925. The number of carbonyl (C=O) groups is 1. The summed E-state index contributed by atoms with van der Waals surface area (Å²) in [7, 11) is 1.77. The van der Waals surface area contributed by atoms with Crippen LogP contribution in [0.1, 0.15) is 12.8 Å². The summed E-state index contributed by atoms with van der Waals surface area (Å²) in [5, 5.41) is 11.0. The maximum absolute atomic E-state index is 12.5. The number of piperidine rings is 1. The zero-order chi connectivity index (χ0) is 17.7. The molecule has 1 aromatic heterocycles. The summed E-state index contributed by atoms with van der Waals surface area (Å²) in [6.45, 7) is 4.92. The van der Waals surface area contributed by atoms with Gasteiger partial charge in [0.2, 0.25) is 5.91 Å². The molecular weight excluding hydrogens is 322 g/mol. The van der Waals surface area contributed by atoms with Crippen LogP contribution in [-0.4, -0.2) is 95.9 Å². The maximum atomic E-state index is 12.5. The third kappa shape index (κ3) is 4.87. The van der Waals surface area contributed by atoms with Crippen LogP contribution in [0.15, 0.2) is 18.6 Å². The number of rotatable bonds is 5. The van der Waals surface area contributed by atoms with Crippen LogP contribution in [0, 0.1) is 0 Å². The fraction of sp³-hybridized carbons (Fsp3) is 0.706. The monoisotopic (exact) mass is 349 g/mol. The van der Waals surface area contributed by atoms with Gasteiger partial charge >= 0.3 is 0 Å². The van der Waals surface area contributed by atoms with E-state index in [0.29, 0.717) is 39.3 Å². The van der Waals surface area contributed by atoms with Crippen molar-refractivity contribution >= 4 is 11.7 Å². The molecule has 0 bridgehead atoms. The van der Waals surface area contributed by atoms with Crippen molar-refractivity contribution in [3.05, 3.63) is 18.6 Å². The zero-order valence-corrected chi connectivity index (χ0v) is 14.8. The molecule has 1 aromatic rings. The number of aromatic nitrogens is 2. The summed E-state index contributed by atoms with van der Waals surface area (Å²) in [5.41, 5.74) is -0.925. The Morgan fingerprint density at radius 2 is 2.16 bits per heavy atom. The Balaban J connectivity index is 1.55. The Hall–Kier alpha value is -1.77. The molecule has 2 fully saturated rings. The maximum Gasteiger partial charge on any atom is 0.236 e. The van der Waals surface area contributed by atoms with Crippen molar-refractivity contribution in [2.24, 2.45) is 0 Å². The molecule has 0 radical (unpaired) electrons. The predicted octanol–water partition coefficient (Wildman–Crippen LogP) is -0.401. The van der Waals surface area contributed by atoms with Crippen molar-refractivity contribution in [1.82, 2.24) is 19.8 Å². The van der Waals surface area contributed by atoms with Crippen molar-refractivity contribution in [3.63, 3.8) is 0 Å². The zero-order valence-electron chi connectivity index (χ0n) is 14.8. The van der Waals surface area contributed by atoms with E-state index in [-0.39, 0.29) is 5.91 Å². The van der Waals surface area contributed by atoms with E-state index in [0.717, 1.165) is 31.9 Å². The first-order valence-electron chi connectivity index (χ1n) is 8.83. The van der Waals surface area contributed by atoms with Gasteiger partial charge in [-0.1, -0.05) is 0 Å². The summed E-state index contributed by atoms with van der Waals surface area (Å²) in [5.74, 6) is 0.801. The second kappa shape index (κ2) is 8.07. The SMILES string of the molecule is CN(CC1(O)CCCN(c2cnccn2)C1)C(=O)CN1CCOCC1. The van der Waals surface area contributed by atoms with Gasteiger partial charge in [0.05, 0.1) is 38.1 Å². The fourth-order valence-electron chi connectivity index (χ4n) is 3.49. The lowest BCUT2D eigenvalue weighted by atomic mass is 9.92. The number of anilines is 1. The number of hydrogen-bond donors (Lipinski definition) is 1. The molecule has 2 saturated heterocycles. The fourth-order valence-corrected chi connectivity index (χ4v) is 3.49. The lowest BCUT2D eigenvalue weighted by molar-refractivity contribution is -0.135. The van der Waals surface area contributed by atoms with E-state index < -0.39 is 5.60 Å². The minimum absolute atomic E-state index is 0.0342. The molecule has 1 unspecified atom stereocenters. The standard InChI is InChI=1S/C17H27N5O3/c1-20(16(23)12-21-7-9-25-10-8-21)13-17(24)3-2-6-22(14-17)15-11-18-4-5-19-15/h4-5,11,24H,2-3,6-10,12-14H2,1H3. The van der Waals surface area contributed by atoms with Gasteiger partial charge in [0.15, 0.2) is 0 Å². The first kappa shape index (κ1) is 18.0. The highest BCUT2D eigenvalue weighted by molar-refractivity contribution is 5.78. The molecule has 8 nitrogen and oxygen atoms in total. The number of β-amino-alcohol motifs (C(OH)–C–C–N with tert-alkyl or cyclic N) is 1. The largest absolute Gasteiger partial charge is 0.386 e. The Bertz CT molecular complexity index is 567. The summed E-state index contributed by atoms with van der Waals surface area (Å²) in [4.78, 5) is 26.7. The molecule has 0 spiro atoms. The average molecular weight is 349 g/mol. The highest BCUT2D eigenvalue weighted by Gasteiger charge is 2.36. The Labute approximate surface area is 148 Å². The first-order chi connectivity index (χ1) is 12.1. The Morgan fingerprint density at radius 1 is 1.36 bits per heavy atom. The summed E-state index contributed by atoms with van der Waals surface area (Å²) in [6.07, 6.45) is 6.54. The smallest absolute Gasteiger partial charge is 0.236 e. The van der Waals surface area contributed by atoms with E-state index in [1.807, 2.05) is 4.90 Å². The predicted molar refractivity (Wildman–Crippen MR) is 93.3 cm³/mol. The number of aliphatic hydroxyl groups is 1. The number of ether oxygens (including phenoxy) is 1. The average Bonchev–Trinajstić information content (AvgIpc) is 2.63. The Morgan fingerprint density at radius 3 is 2.88 bits per heavy atom. The molecule has 0 saturated carbocycles. The molecule has 8 heteroatoms. The van der Waals surface area contributed by atoms with Gasteiger partial charge in [-0.05, 0) is 12.8 Å². The number of carbonyl (C=O) groups excluding carboxylic acids is 1. The number of morpholine rings is 1. The third-order valence-electron chi connectivity index (χ3n) is 4.85. The van der Waals surface area contributed by atoms with Crippen molar-refractivity contribution < 1.29 is 14.6 Å². The topological polar surface area (TPSA) is 82.0 Å². The molecule has 1 amide bonds.